The van der Waals surface area contributed by atoms with Gasteiger partial charge >= 0.3 is 5.97 Å². The van der Waals surface area contributed by atoms with Gasteiger partial charge in [0.2, 0.25) is 11.8 Å². The van der Waals surface area contributed by atoms with Crippen molar-refractivity contribution in [3.63, 3.8) is 0 Å². The number of carbonyl (C=O) groups is 5. The lowest BCUT2D eigenvalue weighted by Crippen LogP contribution is -2.39. The van der Waals surface area contributed by atoms with Crippen LogP contribution in [0.1, 0.15) is 44.1 Å². The van der Waals surface area contributed by atoms with E-state index in [0.29, 0.717) is 28.7 Å². The zero-order chi connectivity index (χ0) is 25.0. The van der Waals surface area contributed by atoms with Crippen LogP contribution in [-0.4, -0.2) is 51.0 Å². The van der Waals surface area contributed by atoms with Gasteiger partial charge in [0.05, 0.1) is 11.8 Å². The lowest BCUT2D eigenvalue weighted by Gasteiger charge is -2.42. The van der Waals surface area contributed by atoms with Gasteiger partial charge in [-0.15, -0.1) is 0 Å². The number of imide groups is 1. The Morgan fingerprint density at radius 3 is 2.60 bits per heavy atom. The Kier molecular flexibility index (Phi) is 5.54. The molecule has 4 aliphatic rings. The quantitative estimate of drug-likeness (QED) is 0.381. The predicted octanol–water partition coefficient (Wildman–Crippen LogP) is 2.69. The fraction of sp³-hybridized carbons (Fsp3) is 0.370. The second-order valence-corrected chi connectivity index (χ2v) is 9.65. The molecule has 1 heterocycles. The van der Waals surface area contributed by atoms with Crippen molar-refractivity contribution in [2.75, 3.05) is 6.54 Å². The number of benzene rings is 1. The van der Waals surface area contributed by atoms with Gasteiger partial charge < -0.3 is 10.2 Å². The Bertz CT molecular complexity index is 1280. The molecule has 8 heteroatoms. The largest absolute Gasteiger partial charge is 0.508 e. The van der Waals surface area contributed by atoms with Crippen LogP contribution in [0.15, 0.2) is 58.7 Å². The molecular weight excluding hydrogens is 450 g/mol. The third kappa shape index (κ3) is 3.64. The van der Waals surface area contributed by atoms with Crippen molar-refractivity contribution in [2.45, 2.75) is 38.5 Å². The topological polar surface area (TPSA) is 129 Å². The van der Waals surface area contributed by atoms with Crippen molar-refractivity contribution in [1.82, 2.24) is 4.90 Å². The summed E-state index contributed by atoms with van der Waals surface area (Å²) in [7, 11) is 0. The summed E-state index contributed by atoms with van der Waals surface area (Å²) in [4.78, 5) is 64.9. The summed E-state index contributed by atoms with van der Waals surface area (Å²) in [6.45, 7) is 1.65. The standard InChI is InChI=1S/C27H25NO7/c1-13-10-20(30)19-12-18-16(22(24(19)25(13)33)14-4-2-5-15(29)11-14)7-8-17-23(18)27(35)28(26(17)34)9-3-6-21(31)32/h2,4-5,7,10-11,17-18,22-23,29H,3,6,8-9,12H2,1H3,(H,31,32). The average Bonchev–Trinajstić information content (AvgIpc) is 3.06. The zero-order valence-electron chi connectivity index (χ0n) is 19.2. The highest BCUT2D eigenvalue weighted by atomic mass is 16.4. The van der Waals surface area contributed by atoms with E-state index in [-0.39, 0.29) is 54.9 Å². The summed E-state index contributed by atoms with van der Waals surface area (Å²) in [5.41, 5.74) is 2.57. The lowest BCUT2D eigenvalue weighted by molar-refractivity contribution is -0.142. The molecule has 0 radical (unpaired) electrons. The van der Waals surface area contributed by atoms with E-state index in [1.54, 1.807) is 25.1 Å². The molecule has 180 valence electrons. The van der Waals surface area contributed by atoms with E-state index in [9.17, 15) is 29.1 Å². The van der Waals surface area contributed by atoms with Crippen molar-refractivity contribution >= 4 is 29.4 Å². The number of hydrogen-bond acceptors (Lipinski definition) is 6. The molecule has 4 unspecified atom stereocenters. The molecule has 0 spiro atoms. The third-order valence-corrected chi connectivity index (χ3v) is 7.63. The summed E-state index contributed by atoms with van der Waals surface area (Å²) in [6, 6.07) is 6.55. The second kappa shape index (κ2) is 8.45. The third-order valence-electron chi connectivity index (χ3n) is 7.63. The molecule has 2 amide bonds. The van der Waals surface area contributed by atoms with Crippen LogP contribution in [-0.2, 0) is 24.0 Å². The van der Waals surface area contributed by atoms with Gasteiger partial charge in [0, 0.05) is 35.6 Å². The van der Waals surface area contributed by atoms with E-state index in [2.05, 4.69) is 0 Å². The molecule has 0 bridgehead atoms. The maximum absolute atomic E-state index is 13.4. The van der Waals surface area contributed by atoms with Crippen LogP contribution in [0.2, 0.25) is 0 Å². The first-order valence-electron chi connectivity index (χ1n) is 11.7. The maximum atomic E-state index is 13.4. The minimum absolute atomic E-state index is 0.0274. The van der Waals surface area contributed by atoms with Gasteiger partial charge in [-0.2, -0.15) is 0 Å². The maximum Gasteiger partial charge on any atom is 0.303 e. The molecule has 1 aliphatic heterocycles. The van der Waals surface area contributed by atoms with Crippen molar-refractivity contribution in [3.8, 4) is 5.75 Å². The van der Waals surface area contributed by atoms with Crippen LogP contribution in [0.3, 0.4) is 0 Å². The molecule has 1 saturated heterocycles. The van der Waals surface area contributed by atoms with Crippen LogP contribution in [0.4, 0.5) is 0 Å². The van der Waals surface area contributed by atoms with Crippen LogP contribution in [0.25, 0.3) is 0 Å². The summed E-state index contributed by atoms with van der Waals surface area (Å²) in [6.07, 6.45) is 3.80. The molecule has 5 rings (SSSR count). The van der Waals surface area contributed by atoms with Gasteiger partial charge in [-0.3, -0.25) is 28.9 Å². The number of nitrogens with zero attached hydrogens (tertiary/aromatic N) is 1. The molecule has 8 nitrogen and oxygen atoms in total. The fourth-order valence-corrected chi connectivity index (χ4v) is 6.12. The highest BCUT2D eigenvalue weighted by Crippen LogP contribution is 2.55. The lowest BCUT2D eigenvalue weighted by atomic mass is 9.59. The summed E-state index contributed by atoms with van der Waals surface area (Å²) >= 11 is 0. The number of allylic oxidation sites excluding steroid dienone is 6. The Balaban J connectivity index is 1.57. The number of rotatable bonds is 5. The normalized spacial score (nSPS) is 27.9. The number of Topliss-reactive ketones (excluding diaryl/α,β-unsaturated/α-hetero) is 1. The van der Waals surface area contributed by atoms with Crippen LogP contribution in [0, 0.1) is 17.8 Å². The minimum atomic E-state index is -0.991. The number of phenolic OH excluding ortho intramolecular Hbond substituents is 1. The van der Waals surface area contributed by atoms with Gasteiger partial charge in [-0.1, -0.05) is 23.8 Å². The molecule has 0 saturated carbocycles. The number of likely N-dealkylation sites (tertiary alicyclic amines) is 1. The number of ketones is 2. The van der Waals surface area contributed by atoms with Crippen molar-refractivity contribution in [1.29, 1.82) is 0 Å². The fourth-order valence-electron chi connectivity index (χ4n) is 6.12. The Labute approximate surface area is 201 Å². The molecule has 1 fully saturated rings. The number of aromatic hydroxyl groups is 1. The molecular formula is C27H25NO7. The molecule has 3 aliphatic carbocycles. The van der Waals surface area contributed by atoms with E-state index >= 15 is 0 Å². The van der Waals surface area contributed by atoms with Crippen LogP contribution in [0.5, 0.6) is 5.75 Å². The molecule has 1 aromatic carbocycles. The van der Waals surface area contributed by atoms with Crippen LogP contribution < -0.4 is 0 Å². The molecule has 2 N–H and O–H groups in total. The molecule has 1 aromatic rings. The number of phenols is 1. The monoisotopic (exact) mass is 475 g/mol. The smallest absolute Gasteiger partial charge is 0.303 e. The first-order chi connectivity index (χ1) is 16.7. The highest BCUT2D eigenvalue weighted by Gasteiger charge is 2.56. The van der Waals surface area contributed by atoms with E-state index in [4.69, 9.17) is 5.11 Å². The SMILES string of the molecule is CC1=CC(=O)C2=C(C1=O)C(c1cccc(O)c1)C1=CCC3C(=O)N(CCCC(=O)O)C(=O)C3C1C2. The predicted molar refractivity (Wildman–Crippen MR) is 123 cm³/mol. The number of aliphatic carboxylic acids is 1. The van der Waals surface area contributed by atoms with Gasteiger partial charge in [-0.25, -0.2) is 0 Å². The van der Waals surface area contributed by atoms with Crippen molar-refractivity contribution < 1.29 is 34.2 Å². The Morgan fingerprint density at radius 1 is 1.11 bits per heavy atom. The molecule has 0 aromatic heterocycles. The number of hydrogen-bond donors (Lipinski definition) is 2. The van der Waals surface area contributed by atoms with E-state index < -0.39 is 29.6 Å². The van der Waals surface area contributed by atoms with Crippen molar-refractivity contribution in [2.24, 2.45) is 17.8 Å². The molecule has 35 heavy (non-hydrogen) atoms. The minimum Gasteiger partial charge on any atom is -0.508 e. The number of carbonyl (C=O) groups excluding carboxylic acids is 4. The number of carboxylic acids is 1. The average molecular weight is 475 g/mol. The summed E-state index contributed by atoms with van der Waals surface area (Å²) < 4.78 is 0. The highest BCUT2D eigenvalue weighted by molar-refractivity contribution is 6.23. The first kappa shape index (κ1) is 23.0. The van der Waals surface area contributed by atoms with E-state index in [1.807, 2.05) is 6.08 Å². The second-order valence-electron chi connectivity index (χ2n) is 9.65. The summed E-state index contributed by atoms with van der Waals surface area (Å²) in [5, 5.41) is 19.1. The Hall–Kier alpha value is -3.81. The number of carboxylic acid groups (broad SMARTS) is 1. The zero-order valence-corrected chi connectivity index (χ0v) is 19.2. The van der Waals surface area contributed by atoms with E-state index in [0.717, 1.165) is 5.57 Å². The first-order valence-corrected chi connectivity index (χ1v) is 11.7. The van der Waals surface area contributed by atoms with Gasteiger partial charge in [-0.05, 0) is 55.9 Å². The Morgan fingerprint density at radius 2 is 1.89 bits per heavy atom. The molecule has 4 atom stereocenters. The number of fused-ring (bicyclic) bond motifs is 3. The van der Waals surface area contributed by atoms with Gasteiger partial charge in [0.25, 0.3) is 0 Å². The van der Waals surface area contributed by atoms with Gasteiger partial charge in [0.1, 0.15) is 5.75 Å². The summed E-state index contributed by atoms with van der Waals surface area (Å²) in [5.74, 6) is -4.38. The number of amides is 2. The van der Waals surface area contributed by atoms with Crippen molar-refractivity contribution in [3.05, 3.63) is 64.3 Å². The van der Waals surface area contributed by atoms with Gasteiger partial charge in [0.15, 0.2) is 11.6 Å². The van der Waals surface area contributed by atoms with Crippen LogP contribution >= 0.6 is 0 Å². The van der Waals surface area contributed by atoms with E-state index in [1.165, 1.54) is 17.0 Å².